The summed E-state index contributed by atoms with van der Waals surface area (Å²) in [4.78, 5) is 54.4. The number of benzene rings is 2. The standard InChI is InChI=1S/C28H28N2O5/c1-16-7-9-20(10-8-16)29-15-19(14-24(29)31)28(34)35-21-11-12-23(18(3)13-21)30-26(32)22-6-4-5-17(2)25(22)27(30)33/h4-5,7-13,17,19,22,25H,6,14-15H2,1-3H3/t17-,19-,22+,25-/m0/s1. The molecule has 180 valence electrons. The molecule has 2 aromatic rings. The van der Waals surface area contributed by atoms with Crippen molar-refractivity contribution in [1.82, 2.24) is 0 Å². The fourth-order valence-corrected chi connectivity index (χ4v) is 5.37. The van der Waals surface area contributed by atoms with E-state index in [1.807, 2.05) is 50.3 Å². The van der Waals surface area contributed by atoms with E-state index >= 15 is 0 Å². The van der Waals surface area contributed by atoms with Crippen molar-refractivity contribution >= 4 is 35.1 Å². The van der Waals surface area contributed by atoms with Crippen LogP contribution >= 0.6 is 0 Å². The van der Waals surface area contributed by atoms with Crippen LogP contribution in [-0.4, -0.2) is 30.2 Å². The molecule has 0 aromatic heterocycles. The van der Waals surface area contributed by atoms with Gasteiger partial charge in [-0.1, -0.05) is 36.8 Å². The van der Waals surface area contributed by atoms with Crippen LogP contribution in [0.2, 0.25) is 0 Å². The van der Waals surface area contributed by atoms with Crippen molar-refractivity contribution in [3.8, 4) is 5.75 Å². The van der Waals surface area contributed by atoms with Crippen LogP contribution in [0.5, 0.6) is 5.75 Å². The van der Waals surface area contributed by atoms with Crippen molar-refractivity contribution in [3.05, 3.63) is 65.7 Å². The summed E-state index contributed by atoms with van der Waals surface area (Å²) in [6.45, 7) is 5.99. The quantitative estimate of drug-likeness (QED) is 0.291. The van der Waals surface area contributed by atoms with Crippen LogP contribution < -0.4 is 14.5 Å². The van der Waals surface area contributed by atoms with Crippen LogP contribution in [0, 0.1) is 37.5 Å². The molecule has 2 saturated heterocycles. The third-order valence-corrected chi connectivity index (χ3v) is 7.30. The molecule has 7 nitrogen and oxygen atoms in total. The lowest BCUT2D eigenvalue weighted by Gasteiger charge is -2.22. The molecule has 0 unspecified atom stereocenters. The number of imide groups is 1. The third kappa shape index (κ3) is 4.05. The third-order valence-electron chi connectivity index (χ3n) is 7.30. The lowest BCUT2D eigenvalue weighted by Crippen LogP contribution is -2.32. The summed E-state index contributed by atoms with van der Waals surface area (Å²) in [5, 5.41) is 0. The van der Waals surface area contributed by atoms with Gasteiger partial charge in [-0.05, 0) is 62.1 Å². The van der Waals surface area contributed by atoms with Gasteiger partial charge >= 0.3 is 5.97 Å². The molecule has 0 spiro atoms. The predicted molar refractivity (Wildman–Crippen MR) is 131 cm³/mol. The van der Waals surface area contributed by atoms with Gasteiger partial charge in [0.1, 0.15) is 5.75 Å². The topological polar surface area (TPSA) is 84.0 Å². The van der Waals surface area contributed by atoms with Crippen molar-refractivity contribution in [2.24, 2.45) is 23.7 Å². The zero-order valence-electron chi connectivity index (χ0n) is 20.1. The molecule has 35 heavy (non-hydrogen) atoms. The number of allylic oxidation sites excluding steroid dienone is 2. The summed E-state index contributed by atoms with van der Waals surface area (Å²) in [7, 11) is 0. The first-order valence-electron chi connectivity index (χ1n) is 12.0. The van der Waals surface area contributed by atoms with E-state index in [0.717, 1.165) is 11.3 Å². The molecule has 0 radical (unpaired) electrons. The van der Waals surface area contributed by atoms with Gasteiger partial charge in [0, 0.05) is 18.7 Å². The smallest absolute Gasteiger partial charge is 0.316 e. The number of hydrogen-bond acceptors (Lipinski definition) is 5. The van der Waals surface area contributed by atoms with Gasteiger partial charge in [-0.15, -0.1) is 0 Å². The number of carbonyl (C=O) groups is 4. The van der Waals surface area contributed by atoms with Gasteiger partial charge in [-0.25, -0.2) is 4.90 Å². The van der Waals surface area contributed by atoms with E-state index in [9.17, 15) is 19.2 Å². The van der Waals surface area contributed by atoms with Crippen LogP contribution in [0.15, 0.2) is 54.6 Å². The monoisotopic (exact) mass is 472 g/mol. The molecule has 5 rings (SSSR count). The summed E-state index contributed by atoms with van der Waals surface area (Å²) in [5.74, 6) is -1.82. The Morgan fingerprint density at radius 1 is 1.00 bits per heavy atom. The Hall–Kier alpha value is -3.74. The Balaban J connectivity index is 1.28. The highest BCUT2D eigenvalue weighted by Gasteiger charge is 2.50. The zero-order chi connectivity index (χ0) is 24.9. The number of esters is 1. The van der Waals surface area contributed by atoms with Crippen molar-refractivity contribution in [3.63, 3.8) is 0 Å². The predicted octanol–water partition coefficient (Wildman–Crippen LogP) is 3.96. The van der Waals surface area contributed by atoms with E-state index in [-0.39, 0.29) is 48.4 Å². The lowest BCUT2D eigenvalue weighted by atomic mass is 9.78. The molecule has 3 aliphatic rings. The van der Waals surface area contributed by atoms with Crippen molar-refractivity contribution in [2.75, 3.05) is 16.3 Å². The van der Waals surface area contributed by atoms with E-state index in [1.165, 1.54) is 4.90 Å². The van der Waals surface area contributed by atoms with Crippen LogP contribution in [0.1, 0.15) is 30.9 Å². The first-order valence-corrected chi connectivity index (χ1v) is 12.0. The molecule has 0 N–H and O–H groups in total. The molecular formula is C28H28N2O5. The van der Waals surface area contributed by atoms with Crippen LogP contribution in [0.25, 0.3) is 0 Å². The summed E-state index contributed by atoms with van der Waals surface area (Å²) >= 11 is 0. The van der Waals surface area contributed by atoms with Crippen LogP contribution in [0.3, 0.4) is 0 Å². The number of ether oxygens (including phenoxy) is 1. The summed E-state index contributed by atoms with van der Waals surface area (Å²) in [6, 6.07) is 12.5. The molecule has 2 fully saturated rings. The van der Waals surface area contributed by atoms with E-state index in [2.05, 4.69) is 0 Å². The Bertz CT molecular complexity index is 1250. The molecule has 4 atom stereocenters. The number of anilines is 2. The molecule has 0 saturated carbocycles. The average Bonchev–Trinajstić information content (AvgIpc) is 3.33. The molecule has 2 aromatic carbocycles. The van der Waals surface area contributed by atoms with Crippen LogP contribution in [-0.2, 0) is 19.2 Å². The van der Waals surface area contributed by atoms with Gasteiger partial charge in [0.2, 0.25) is 17.7 Å². The van der Waals surface area contributed by atoms with Crippen molar-refractivity contribution in [2.45, 2.75) is 33.6 Å². The highest BCUT2D eigenvalue weighted by molar-refractivity contribution is 6.22. The van der Waals surface area contributed by atoms with Gasteiger partial charge in [0.25, 0.3) is 0 Å². The first-order chi connectivity index (χ1) is 16.7. The second-order valence-electron chi connectivity index (χ2n) is 9.78. The molecule has 7 heteroatoms. The Morgan fingerprint density at radius 3 is 2.43 bits per heavy atom. The SMILES string of the molecule is Cc1ccc(N2C[C@@H](C(=O)Oc3ccc(N4C(=O)[C@H]5[C@@H](C)C=CC[C@H]5C4=O)c(C)c3)CC2=O)cc1. The second-order valence-corrected chi connectivity index (χ2v) is 9.78. The maximum absolute atomic E-state index is 13.1. The largest absolute Gasteiger partial charge is 0.426 e. The Labute approximate surface area is 204 Å². The van der Waals surface area contributed by atoms with Crippen molar-refractivity contribution in [1.29, 1.82) is 0 Å². The molecule has 3 amide bonds. The second kappa shape index (κ2) is 8.80. The van der Waals surface area contributed by atoms with E-state index < -0.39 is 11.9 Å². The number of hydrogen-bond donors (Lipinski definition) is 0. The number of fused-ring (bicyclic) bond motifs is 1. The highest BCUT2D eigenvalue weighted by Crippen LogP contribution is 2.41. The van der Waals surface area contributed by atoms with Gasteiger partial charge in [-0.3, -0.25) is 19.2 Å². The number of carbonyl (C=O) groups excluding carboxylic acids is 4. The molecule has 2 aliphatic heterocycles. The van der Waals surface area contributed by atoms with Crippen LogP contribution in [0.4, 0.5) is 11.4 Å². The average molecular weight is 473 g/mol. The number of aryl methyl sites for hydroxylation is 2. The normalized spacial score (nSPS) is 25.9. The molecule has 2 heterocycles. The minimum atomic E-state index is -0.567. The summed E-state index contributed by atoms with van der Waals surface area (Å²) < 4.78 is 5.60. The molecular weight excluding hydrogens is 444 g/mol. The minimum Gasteiger partial charge on any atom is -0.426 e. The van der Waals surface area contributed by atoms with Crippen molar-refractivity contribution < 1.29 is 23.9 Å². The zero-order valence-corrected chi connectivity index (χ0v) is 20.1. The summed E-state index contributed by atoms with van der Waals surface area (Å²) in [6.07, 6.45) is 4.64. The number of nitrogens with zero attached hydrogens (tertiary/aromatic N) is 2. The van der Waals surface area contributed by atoms with Gasteiger partial charge < -0.3 is 9.64 Å². The Morgan fingerprint density at radius 2 is 1.74 bits per heavy atom. The van der Waals surface area contributed by atoms with E-state index in [0.29, 0.717) is 23.4 Å². The van der Waals surface area contributed by atoms with Gasteiger partial charge in [0.05, 0.1) is 23.4 Å². The maximum atomic E-state index is 13.1. The fourth-order valence-electron chi connectivity index (χ4n) is 5.37. The Kier molecular flexibility index (Phi) is 5.79. The van der Waals surface area contributed by atoms with E-state index in [4.69, 9.17) is 4.74 Å². The summed E-state index contributed by atoms with van der Waals surface area (Å²) in [5.41, 5.74) is 3.04. The van der Waals surface area contributed by atoms with Gasteiger partial charge in [-0.2, -0.15) is 0 Å². The van der Waals surface area contributed by atoms with E-state index in [1.54, 1.807) is 30.0 Å². The first kappa shape index (κ1) is 23.0. The van der Waals surface area contributed by atoms with Gasteiger partial charge in [0.15, 0.2) is 0 Å². The highest BCUT2D eigenvalue weighted by atomic mass is 16.5. The molecule has 0 bridgehead atoms. The fraction of sp³-hybridized carbons (Fsp3) is 0.357. The number of rotatable bonds is 4. The number of amides is 3. The minimum absolute atomic E-state index is 0.0179. The maximum Gasteiger partial charge on any atom is 0.316 e. The lowest BCUT2D eigenvalue weighted by molar-refractivity contribution is -0.139. The molecule has 1 aliphatic carbocycles.